The first-order chi connectivity index (χ1) is 11.6. The van der Waals surface area contributed by atoms with E-state index in [1.165, 1.54) is 5.56 Å². The van der Waals surface area contributed by atoms with Gasteiger partial charge in [0.25, 0.3) is 0 Å². The lowest BCUT2D eigenvalue weighted by Crippen LogP contribution is -2.39. The average Bonchev–Trinajstić information content (AvgIpc) is 2.59. The summed E-state index contributed by atoms with van der Waals surface area (Å²) in [6, 6.07) is 12.3. The van der Waals surface area contributed by atoms with Gasteiger partial charge in [0.15, 0.2) is 0 Å². The molecule has 3 N–H and O–H groups in total. The van der Waals surface area contributed by atoms with Crippen molar-refractivity contribution in [2.24, 2.45) is 5.73 Å². The number of hydroxylamine groups is 2. The number of hydrogen-bond acceptors (Lipinski definition) is 4. The number of carbonyl (C=O) groups excluding carboxylic acids is 1. The summed E-state index contributed by atoms with van der Waals surface area (Å²) in [6.07, 6.45) is 5.12. The Bertz CT molecular complexity index is 649. The molecule has 1 unspecified atom stereocenters. The Morgan fingerprint density at radius 1 is 1.29 bits per heavy atom. The molecule has 2 rings (SSSR count). The van der Waals surface area contributed by atoms with Crippen LogP contribution in [0.3, 0.4) is 0 Å². The molecule has 2 aromatic rings. The first-order valence-electron chi connectivity index (χ1n) is 8.01. The lowest BCUT2D eigenvalue weighted by molar-refractivity contribution is -0.0720. The summed E-state index contributed by atoms with van der Waals surface area (Å²) >= 11 is 0. The predicted octanol–water partition coefficient (Wildman–Crippen LogP) is 3.75. The number of aromatic nitrogens is 1. The van der Waals surface area contributed by atoms with Crippen LogP contribution in [0.2, 0.25) is 0 Å². The summed E-state index contributed by atoms with van der Waals surface area (Å²) in [7, 11) is 0. The zero-order valence-electron chi connectivity index (χ0n) is 13.8. The molecule has 2 amide bonds. The fourth-order valence-electron chi connectivity index (χ4n) is 2.40. The molecule has 0 saturated carbocycles. The molecule has 0 spiro atoms. The van der Waals surface area contributed by atoms with Crippen LogP contribution in [0.4, 0.5) is 4.79 Å². The molecule has 6 heteroatoms. The summed E-state index contributed by atoms with van der Waals surface area (Å²) in [5.41, 5.74) is 6.20. The number of pyridine rings is 1. The average molecular weight is 329 g/mol. The van der Waals surface area contributed by atoms with E-state index < -0.39 is 6.03 Å². The molecular formula is C18H23N3O3. The molecule has 0 aliphatic carbocycles. The van der Waals surface area contributed by atoms with Gasteiger partial charge < -0.3 is 10.5 Å². The first kappa shape index (κ1) is 17.7. The second kappa shape index (κ2) is 8.88. The standard InChI is InChI=1S/C18H23N3O3/c1-14(21(23)18(19)22)7-2-3-8-15-9-6-10-16(13-15)24-17-11-4-5-12-20-17/h4-6,9-14,23H,2-3,7-8H2,1H3,(H2,19,22). The fourth-order valence-corrected chi connectivity index (χ4v) is 2.40. The molecule has 1 aromatic heterocycles. The van der Waals surface area contributed by atoms with Crippen LogP contribution in [0.1, 0.15) is 31.7 Å². The van der Waals surface area contributed by atoms with Crippen molar-refractivity contribution in [2.75, 3.05) is 0 Å². The molecule has 6 nitrogen and oxygen atoms in total. The van der Waals surface area contributed by atoms with Crippen molar-refractivity contribution in [3.63, 3.8) is 0 Å². The van der Waals surface area contributed by atoms with E-state index in [1.807, 2.05) is 36.4 Å². The number of unbranched alkanes of at least 4 members (excludes halogenated alkanes) is 1. The molecule has 128 valence electrons. The van der Waals surface area contributed by atoms with Gasteiger partial charge >= 0.3 is 6.03 Å². The molecule has 0 aliphatic heterocycles. The van der Waals surface area contributed by atoms with Gasteiger partial charge in [0.1, 0.15) is 5.75 Å². The number of nitrogens with two attached hydrogens (primary N) is 1. The van der Waals surface area contributed by atoms with Crippen LogP contribution in [0.25, 0.3) is 0 Å². The molecule has 0 fully saturated rings. The number of primary amides is 1. The van der Waals surface area contributed by atoms with Crippen molar-refractivity contribution < 1.29 is 14.7 Å². The van der Waals surface area contributed by atoms with Gasteiger partial charge in [0.2, 0.25) is 5.88 Å². The summed E-state index contributed by atoms with van der Waals surface area (Å²) in [4.78, 5) is 15.0. The van der Waals surface area contributed by atoms with Crippen LogP contribution in [0.5, 0.6) is 11.6 Å². The first-order valence-corrected chi connectivity index (χ1v) is 8.01. The van der Waals surface area contributed by atoms with Crippen LogP contribution in [-0.2, 0) is 6.42 Å². The van der Waals surface area contributed by atoms with E-state index in [9.17, 15) is 10.0 Å². The minimum Gasteiger partial charge on any atom is -0.439 e. The molecule has 0 bridgehead atoms. The number of ether oxygens (including phenoxy) is 1. The van der Waals surface area contributed by atoms with E-state index in [1.54, 1.807) is 13.1 Å². The predicted molar refractivity (Wildman–Crippen MR) is 91.0 cm³/mol. The van der Waals surface area contributed by atoms with E-state index in [-0.39, 0.29) is 6.04 Å². The number of urea groups is 1. The number of carbonyl (C=O) groups is 1. The number of nitrogens with zero attached hydrogens (tertiary/aromatic N) is 2. The molecular weight excluding hydrogens is 306 g/mol. The topological polar surface area (TPSA) is 88.7 Å². The summed E-state index contributed by atoms with van der Waals surface area (Å²) in [6.45, 7) is 1.77. The molecule has 0 saturated heterocycles. The van der Waals surface area contributed by atoms with Crippen molar-refractivity contribution in [3.05, 3.63) is 54.2 Å². The van der Waals surface area contributed by atoms with Crippen LogP contribution in [0.15, 0.2) is 48.7 Å². The number of rotatable bonds is 8. The molecule has 0 aliphatic rings. The summed E-state index contributed by atoms with van der Waals surface area (Å²) in [5.74, 6) is 1.33. The number of benzene rings is 1. The number of hydrogen-bond donors (Lipinski definition) is 2. The normalized spacial score (nSPS) is 11.8. The SMILES string of the molecule is CC(CCCCc1cccc(Oc2ccccn2)c1)N(O)C(N)=O. The number of amides is 2. The Labute approximate surface area is 141 Å². The molecule has 24 heavy (non-hydrogen) atoms. The van der Waals surface area contributed by atoms with E-state index in [0.29, 0.717) is 17.4 Å². The summed E-state index contributed by atoms with van der Waals surface area (Å²) < 4.78 is 5.72. The fraction of sp³-hybridized carbons (Fsp3) is 0.333. The van der Waals surface area contributed by atoms with E-state index in [0.717, 1.165) is 25.0 Å². The highest BCUT2D eigenvalue weighted by molar-refractivity contribution is 5.70. The van der Waals surface area contributed by atoms with E-state index >= 15 is 0 Å². The third-order valence-corrected chi connectivity index (χ3v) is 3.74. The van der Waals surface area contributed by atoms with Crippen LogP contribution >= 0.6 is 0 Å². The van der Waals surface area contributed by atoms with Crippen molar-refractivity contribution in [2.45, 2.75) is 38.6 Å². The highest BCUT2D eigenvalue weighted by Gasteiger charge is 2.14. The maximum atomic E-state index is 10.9. The zero-order valence-corrected chi connectivity index (χ0v) is 13.8. The van der Waals surface area contributed by atoms with Gasteiger partial charge in [-0.1, -0.05) is 24.6 Å². The summed E-state index contributed by atoms with van der Waals surface area (Å²) in [5, 5.41) is 10.0. The maximum absolute atomic E-state index is 10.9. The Kier molecular flexibility index (Phi) is 6.57. The minimum atomic E-state index is -0.818. The Hall–Kier alpha value is -2.60. The van der Waals surface area contributed by atoms with Crippen molar-refractivity contribution in [1.82, 2.24) is 10.0 Å². The lowest BCUT2D eigenvalue weighted by atomic mass is 10.0. The van der Waals surface area contributed by atoms with Gasteiger partial charge in [0.05, 0.1) is 6.04 Å². The quantitative estimate of drug-likeness (QED) is 0.438. The number of aryl methyl sites for hydroxylation is 1. The van der Waals surface area contributed by atoms with Crippen LogP contribution < -0.4 is 10.5 Å². The van der Waals surface area contributed by atoms with Crippen molar-refractivity contribution in [1.29, 1.82) is 0 Å². The Balaban J connectivity index is 1.79. The maximum Gasteiger partial charge on any atom is 0.338 e. The van der Waals surface area contributed by atoms with Gasteiger partial charge in [-0.3, -0.25) is 5.21 Å². The molecule has 1 aromatic carbocycles. The second-order valence-corrected chi connectivity index (χ2v) is 5.70. The highest BCUT2D eigenvalue weighted by Crippen LogP contribution is 2.21. The van der Waals surface area contributed by atoms with Gasteiger partial charge in [-0.15, -0.1) is 0 Å². The van der Waals surface area contributed by atoms with Gasteiger partial charge in [-0.25, -0.2) is 14.8 Å². The van der Waals surface area contributed by atoms with Gasteiger partial charge in [-0.2, -0.15) is 0 Å². The largest absolute Gasteiger partial charge is 0.439 e. The minimum absolute atomic E-state index is 0.277. The third kappa shape index (κ3) is 5.55. The third-order valence-electron chi connectivity index (χ3n) is 3.74. The van der Waals surface area contributed by atoms with Gasteiger partial charge in [-0.05, 0) is 49.9 Å². The Morgan fingerprint density at radius 2 is 2.12 bits per heavy atom. The molecule has 1 heterocycles. The van der Waals surface area contributed by atoms with Crippen LogP contribution in [0, 0.1) is 0 Å². The smallest absolute Gasteiger partial charge is 0.338 e. The van der Waals surface area contributed by atoms with E-state index in [4.69, 9.17) is 10.5 Å². The van der Waals surface area contributed by atoms with E-state index in [2.05, 4.69) is 11.1 Å². The Morgan fingerprint density at radius 3 is 2.83 bits per heavy atom. The second-order valence-electron chi connectivity index (χ2n) is 5.70. The van der Waals surface area contributed by atoms with Gasteiger partial charge in [0, 0.05) is 12.3 Å². The van der Waals surface area contributed by atoms with Crippen molar-refractivity contribution in [3.8, 4) is 11.6 Å². The zero-order chi connectivity index (χ0) is 17.4. The molecule has 0 radical (unpaired) electrons. The van der Waals surface area contributed by atoms with Crippen molar-refractivity contribution >= 4 is 6.03 Å². The highest BCUT2D eigenvalue weighted by atomic mass is 16.5. The lowest BCUT2D eigenvalue weighted by Gasteiger charge is -2.20. The molecule has 1 atom stereocenters. The van der Waals surface area contributed by atoms with Crippen LogP contribution in [-0.4, -0.2) is 27.3 Å². The monoisotopic (exact) mass is 329 g/mol.